The maximum Gasteiger partial charge on any atom is 0.280 e. The van der Waals surface area contributed by atoms with E-state index in [9.17, 15) is 8.42 Å². The molecule has 0 bridgehead atoms. The van der Waals surface area contributed by atoms with E-state index in [0.717, 1.165) is 10.0 Å². The second kappa shape index (κ2) is 4.69. The molecule has 96 valence electrons. The lowest BCUT2D eigenvalue weighted by Crippen LogP contribution is -2.17. The highest BCUT2D eigenvalue weighted by molar-refractivity contribution is 9.10. The van der Waals surface area contributed by atoms with Gasteiger partial charge in [0.15, 0.2) is 5.03 Å². The molecule has 0 atom stereocenters. The van der Waals surface area contributed by atoms with Crippen molar-refractivity contribution in [1.29, 1.82) is 0 Å². The van der Waals surface area contributed by atoms with Crippen LogP contribution in [-0.4, -0.2) is 23.2 Å². The number of halogens is 1. The lowest BCUT2D eigenvalue weighted by molar-refractivity contribution is 0.582. The third kappa shape index (κ3) is 2.54. The van der Waals surface area contributed by atoms with Crippen LogP contribution in [0.2, 0.25) is 0 Å². The smallest absolute Gasteiger partial charge is 0.262 e. The highest BCUT2D eigenvalue weighted by Gasteiger charge is 2.18. The number of sulfonamides is 1. The second-order valence-corrected chi connectivity index (χ2v) is 6.20. The van der Waals surface area contributed by atoms with Gasteiger partial charge in [-0.3, -0.25) is 9.40 Å². The van der Waals surface area contributed by atoms with Gasteiger partial charge in [-0.1, -0.05) is 0 Å². The number of aromatic nitrogens is 3. The van der Waals surface area contributed by atoms with Gasteiger partial charge >= 0.3 is 0 Å². The number of pyridine rings is 1. The van der Waals surface area contributed by atoms with Crippen LogP contribution in [0.25, 0.3) is 0 Å². The van der Waals surface area contributed by atoms with Crippen molar-refractivity contribution >= 4 is 31.8 Å². The summed E-state index contributed by atoms with van der Waals surface area (Å²) in [6.07, 6.45) is 2.98. The van der Waals surface area contributed by atoms with E-state index in [-0.39, 0.29) is 10.8 Å². The predicted molar refractivity (Wildman–Crippen MR) is 70.7 cm³/mol. The van der Waals surface area contributed by atoms with E-state index in [2.05, 4.69) is 30.7 Å². The van der Waals surface area contributed by atoms with E-state index in [0.29, 0.717) is 0 Å². The molecule has 1 N–H and O–H groups in total. The van der Waals surface area contributed by atoms with Gasteiger partial charge in [0.1, 0.15) is 5.82 Å². The molecular formula is C10H11BrN4O2S. The van der Waals surface area contributed by atoms with Gasteiger partial charge < -0.3 is 0 Å². The summed E-state index contributed by atoms with van der Waals surface area (Å²) in [7, 11) is -2.09. The first kappa shape index (κ1) is 13.0. The molecule has 2 heterocycles. The number of rotatable bonds is 3. The number of anilines is 1. The summed E-state index contributed by atoms with van der Waals surface area (Å²) in [5.41, 5.74) is 0.896. The molecule has 18 heavy (non-hydrogen) atoms. The molecule has 0 radical (unpaired) electrons. The Balaban J connectivity index is 2.34. The number of nitrogens with one attached hydrogen (secondary N) is 1. The number of hydrogen-bond acceptors (Lipinski definition) is 4. The van der Waals surface area contributed by atoms with Crippen molar-refractivity contribution in [3.05, 3.63) is 34.6 Å². The van der Waals surface area contributed by atoms with Crippen LogP contribution < -0.4 is 4.72 Å². The van der Waals surface area contributed by atoms with E-state index in [1.54, 1.807) is 19.3 Å². The Morgan fingerprint density at radius 1 is 1.44 bits per heavy atom. The van der Waals surface area contributed by atoms with Gasteiger partial charge in [0, 0.05) is 17.7 Å². The van der Waals surface area contributed by atoms with Gasteiger partial charge in [-0.25, -0.2) is 4.98 Å². The molecular weight excluding hydrogens is 320 g/mol. The molecule has 6 nitrogen and oxygen atoms in total. The number of hydrogen-bond donors (Lipinski definition) is 1. The van der Waals surface area contributed by atoms with E-state index >= 15 is 0 Å². The van der Waals surface area contributed by atoms with Crippen molar-refractivity contribution in [3.63, 3.8) is 0 Å². The molecule has 2 aromatic heterocycles. The fraction of sp³-hybridized carbons (Fsp3) is 0.200. The minimum Gasteiger partial charge on any atom is -0.262 e. The Bertz CT molecular complexity index is 681. The summed E-state index contributed by atoms with van der Waals surface area (Å²) in [6.45, 7) is 1.85. The molecule has 0 saturated carbocycles. The standard InChI is InChI=1S/C10H11BrN4O2S/c1-7-5-9(12-6-8(7)11)14-18(16,17)10-3-4-13-15(10)2/h3-6H,1-2H3,(H,12,14). The fourth-order valence-electron chi connectivity index (χ4n) is 1.41. The van der Waals surface area contributed by atoms with Crippen LogP contribution in [0.4, 0.5) is 5.82 Å². The van der Waals surface area contributed by atoms with Crippen LogP contribution in [0.3, 0.4) is 0 Å². The average molecular weight is 331 g/mol. The van der Waals surface area contributed by atoms with Crippen molar-refractivity contribution < 1.29 is 8.42 Å². The molecule has 0 aromatic carbocycles. The molecule has 2 rings (SSSR count). The molecule has 0 spiro atoms. The summed E-state index contributed by atoms with van der Waals surface area (Å²) >= 11 is 3.31. The van der Waals surface area contributed by atoms with Crippen LogP contribution in [0.1, 0.15) is 5.56 Å². The van der Waals surface area contributed by atoms with E-state index in [1.807, 2.05) is 6.92 Å². The Morgan fingerprint density at radius 3 is 2.72 bits per heavy atom. The maximum absolute atomic E-state index is 12.1. The number of aryl methyl sites for hydroxylation is 2. The lowest BCUT2D eigenvalue weighted by atomic mass is 10.3. The minimum atomic E-state index is -3.66. The molecule has 0 saturated heterocycles. The first-order valence-electron chi connectivity index (χ1n) is 5.03. The zero-order valence-electron chi connectivity index (χ0n) is 9.75. The zero-order valence-corrected chi connectivity index (χ0v) is 12.2. The Morgan fingerprint density at radius 2 is 2.17 bits per heavy atom. The first-order chi connectivity index (χ1) is 8.40. The van der Waals surface area contributed by atoms with E-state index in [4.69, 9.17) is 0 Å². The van der Waals surface area contributed by atoms with Crippen LogP contribution in [0, 0.1) is 6.92 Å². The van der Waals surface area contributed by atoms with Crippen molar-refractivity contribution in [2.24, 2.45) is 7.05 Å². The van der Waals surface area contributed by atoms with Gasteiger partial charge in [-0.15, -0.1) is 0 Å². The highest BCUT2D eigenvalue weighted by Crippen LogP contribution is 2.19. The van der Waals surface area contributed by atoms with Crippen molar-refractivity contribution in [2.45, 2.75) is 11.9 Å². The maximum atomic E-state index is 12.1. The molecule has 2 aromatic rings. The van der Waals surface area contributed by atoms with Gasteiger partial charge in [0.25, 0.3) is 10.0 Å². The van der Waals surface area contributed by atoms with Crippen LogP contribution in [-0.2, 0) is 17.1 Å². The van der Waals surface area contributed by atoms with Gasteiger partial charge in [0.05, 0.1) is 6.20 Å². The first-order valence-corrected chi connectivity index (χ1v) is 7.31. The zero-order chi connectivity index (χ0) is 13.3. The fourth-order valence-corrected chi connectivity index (χ4v) is 2.75. The SMILES string of the molecule is Cc1cc(NS(=O)(=O)c2ccnn2C)ncc1Br. The third-order valence-corrected chi connectivity index (χ3v) is 4.60. The Hall–Kier alpha value is -1.41. The van der Waals surface area contributed by atoms with Crippen molar-refractivity contribution in [3.8, 4) is 0 Å². The molecule has 0 fully saturated rings. The highest BCUT2D eigenvalue weighted by atomic mass is 79.9. The molecule has 0 unspecified atom stereocenters. The van der Waals surface area contributed by atoms with E-state index < -0.39 is 10.0 Å². The minimum absolute atomic E-state index is 0.0878. The molecule has 0 amide bonds. The van der Waals surface area contributed by atoms with Crippen LogP contribution >= 0.6 is 15.9 Å². The van der Waals surface area contributed by atoms with Crippen LogP contribution in [0.15, 0.2) is 34.0 Å². The van der Waals surface area contributed by atoms with Crippen molar-refractivity contribution in [1.82, 2.24) is 14.8 Å². The monoisotopic (exact) mass is 330 g/mol. The molecule has 8 heteroatoms. The lowest BCUT2D eigenvalue weighted by Gasteiger charge is -2.08. The summed E-state index contributed by atoms with van der Waals surface area (Å²) in [4.78, 5) is 4.00. The summed E-state index contributed by atoms with van der Waals surface area (Å²) in [5.74, 6) is 0.275. The van der Waals surface area contributed by atoms with Gasteiger partial charge in [-0.05, 0) is 40.5 Å². The normalized spacial score (nSPS) is 11.5. The van der Waals surface area contributed by atoms with Gasteiger partial charge in [0.2, 0.25) is 0 Å². The van der Waals surface area contributed by atoms with E-state index in [1.165, 1.54) is 16.9 Å². The third-order valence-electron chi connectivity index (χ3n) is 2.34. The topological polar surface area (TPSA) is 76.9 Å². The molecule has 0 aliphatic heterocycles. The second-order valence-electron chi connectivity index (χ2n) is 3.72. The quantitative estimate of drug-likeness (QED) is 0.928. The molecule has 0 aliphatic rings. The summed E-state index contributed by atoms with van der Waals surface area (Å²) < 4.78 is 28.6. The van der Waals surface area contributed by atoms with Crippen molar-refractivity contribution in [2.75, 3.05) is 4.72 Å². The Kier molecular flexibility index (Phi) is 3.40. The largest absolute Gasteiger partial charge is 0.280 e. The summed E-state index contributed by atoms with van der Waals surface area (Å²) in [6, 6.07) is 3.08. The number of nitrogens with zero attached hydrogens (tertiary/aromatic N) is 3. The Labute approximate surface area is 113 Å². The predicted octanol–water partition coefficient (Wildman–Crippen LogP) is 1.69. The average Bonchev–Trinajstić information content (AvgIpc) is 2.70. The molecule has 0 aliphatic carbocycles. The summed E-state index contributed by atoms with van der Waals surface area (Å²) in [5, 5.41) is 3.91. The van der Waals surface area contributed by atoms with Crippen LogP contribution in [0.5, 0.6) is 0 Å². The van der Waals surface area contributed by atoms with Gasteiger partial charge in [-0.2, -0.15) is 13.5 Å².